The van der Waals surface area contributed by atoms with Gasteiger partial charge in [-0.25, -0.2) is 4.79 Å². The number of amides is 1. The van der Waals surface area contributed by atoms with E-state index in [2.05, 4.69) is 16.0 Å². The normalized spacial score (nSPS) is 19.5. The smallest absolute Gasteiger partial charge is 0.410 e. The van der Waals surface area contributed by atoms with Crippen molar-refractivity contribution in [3.8, 4) is 0 Å². The first kappa shape index (κ1) is 14.5. The van der Waals surface area contributed by atoms with Crippen LogP contribution in [0.1, 0.15) is 38.4 Å². The minimum Gasteiger partial charge on any atom is -0.444 e. The minimum absolute atomic E-state index is 0.183. The quantitative estimate of drug-likeness (QED) is 0.812. The molecule has 122 valence electrons. The molecule has 5 heteroatoms. The number of hydrogen-bond acceptors (Lipinski definition) is 3. The van der Waals surface area contributed by atoms with E-state index in [1.54, 1.807) is 0 Å². The van der Waals surface area contributed by atoms with Gasteiger partial charge in [-0.05, 0) is 51.7 Å². The highest BCUT2D eigenvalue weighted by molar-refractivity contribution is 5.84. The summed E-state index contributed by atoms with van der Waals surface area (Å²) in [5, 5.41) is 1.28. The van der Waals surface area contributed by atoms with Crippen LogP contribution in [-0.2, 0) is 17.6 Å². The fourth-order valence-corrected chi connectivity index (χ4v) is 3.92. The molecule has 0 saturated carbocycles. The van der Waals surface area contributed by atoms with Crippen LogP contribution in [0.25, 0.3) is 10.9 Å². The van der Waals surface area contributed by atoms with Crippen LogP contribution in [0.15, 0.2) is 18.5 Å². The first-order valence-electron chi connectivity index (χ1n) is 8.27. The Balaban J connectivity index is 1.50. The van der Waals surface area contributed by atoms with Crippen molar-refractivity contribution in [1.29, 1.82) is 0 Å². The zero-order chi connectivity index (χ0) is 16.2. The summed E-state index contributed by atoms with van der Waals surface area (Å²) < 4.78 is 5.47. The number of ether oxygens (including phenoxy) is 1. The highest BCUT2D eigenvalue weighted by atomic mass is 16.6. The number of aryl methyl sites for hydroxylation is 1. The Morgan fingerprint density at radius 2 is 2.17 bits per heavy atom. The molecule has 1 aliphatic heterocycles. The fraction of sp³-hybridized carbons (Fsp3) is 0.556. The number of nitrogens with one attached hydrogen (secondary N) is 1. The number of likely N-dealkylation sites (tertiary alicyclic amines) is 1. The van der Waals surface area contributed by atoms with Crippen molar-refractivity contribution in [1.82, 2.24) is 14.9 Å². The number of fused-ring (bicyclic) bond motifs is 3. The van der Waals surface area contributed by atoms with Crippen LogP contribution < -0.4 is 0 Å². The van der Waals surface area contributed by atoms with Gasteiger partial charge in [-0.3, -0.25) is 4.98 Å². The van der Waals surface area contributed by atoms with Crippen LogP contribution in [0.3, 0.4) is 0 Å². The number of rotatable bonds is 0. The summed E-state index contributed by atoms with van der Waals surface area (Å²) in [6.45, 7) is 7.34. The molecule has 1 N–H and O–H groups in total. The summed E-state index contributed by atoms with van der Waals surface area (Å²) in [6.07, 6.45) is 6.77. The van der Waals surface area contributed by atoms with Crippen LogP contribution >= 0.6 is 0 Å². The molecule has 0 radical (unpaired) electrons. The summed E-state index contributed by atoms with van der Waals surface area (Å²) in [6, 6.07) is 2.09. The number of nitrogens with zero attached hydrogens (tertiary/aromatic N) is 2. The lowest BCUT2D eigenvalue weighted by Crippen LogP contribution is -2.61. The number of aromatic nitrogens is 2. The minimum atomic E-state index is -0.427. The number of carbonyl (C=O) groups excluding carboxylic acids is 1. The second-order valence-corrected chi connectivity index (χ2v) is 8.02. The van der Waals surface area contributed by atoms with Crippen molar-refractivity contribution in [2.45, 2.75) is 45.6 Å². The van der Waals surface area contributed by atoms with E-state index in [0.717, 1.165) is 37.9 Å². The Morgan fingerprint density at radius 3 is 2.91 bits per heavy atom. The Labute approximate surface area is 136 Å². The first-order chi connectivity index (χ1) is 10.9. The molecule has 1 amide bonds. The third-order valence-electron chi connectivity index (χ3n) is 4.96. The lowest BCUT2D eigenvalue weighted by molar-refractivity contribution is -0.0394. The SMILES string of the molecule is CC(C)(C)OC(=O)N1CC2(CCc3[nH]c4cnccc4c3C2)C1. The molecule has 2 aliphatic rings. The fourth-order valence-electron chi connectivity index (χ4n) is 3.92. The van der Waals surface area contributed by atoms with Crippen molar-refractivity contribution in [2.24, 2.45) is 5.41 Å². The summed E-state index contributed by atoms with van der Waals surface area (Å²) in [5.41, 5.74) is 3.68. The first-order valence-corrected chi connectivity index (χ1v) is 8.27. The predicted octanol–water partition coefficient (Wildman–Crippen LogP) is 3.29. The molecule has 5 nitrogen and oxygen atoms in total. The summed E-state index contributed by atoms with van der Waals surface area (Å²) in [4.78, 5) is 21.7. The summed E-state index contributed by atoms with van der Waals surface area (Å²) >= 11 is 0. The highest BCUT2D eigenvalue weighted by Gasteiger charge is 2.48. The van der Waals surface area contributed by atoms with Gasteiger partial charge >= 0.3 is 6.09 Å². The Hall–Kier alpha value is -2.04. The van der Waals surface area contributed by atoms with E-state index < -0.39 is 5.60 Å². The maximum atomic E-state index is 12.2. The monoisotopic (exact) mass is 313 g/mol. The number of aromatic amines is 1. The molecule has 0 bridgehead atoms. The van der Waals surface area contributed by atoms with Crippen LogP contribution in [0, 0.1) is 5.41 Å². The molecule has 4 rings (SSSR count). The number of H-pyrrole nitrogens is 1. The van der Waals surface area contributed by atoms with E-state index >= 15 is 0 Å². The van der Waals surface area contributed by atoms with Crippen LogP contribution in [0.5, 0.6) is 0 Å². The van der Waals surface area contributed by atoms with E-state index in [1.807, 2.05) is 38.1 Å². The lowest BCUT2D eigenvalue weighted by Gasteiger charge is -2.52. The van der Waals surface area contributed by atoms with E-state index in [1.165, 1.54) is 16.6 Å². The summed E-state index contributed by atoms with van der Waals surface area (Å²) in [5.74, 6) is 0. The number of carbonyl (C=O) groups is 1. The molecule has 1 spiro atoms. The predicted molar refractivity (Wildman–Crippen MR) is 88.4 cm³/mol. The second kappa shape index (κ2) is 4.73. The van der Waals surface area contributed by atoms with Gasteiger partial charge in [-0.2, -0.15) is 0 Å². The van der Waals surface area contributed by atoms with E-state index in [9.17, 15) is 4.79 Å². The second-order valence-electron chi connectivity index (χ2n) is 8.02. The van der Waals surface area contributed by atoms with Gasteiger partial charge in [-0.1, -0.05) is 0 Å². The molecule has 1 fully saturated rings. The number of pyridine rings is 1. The zero-order valence-electron chi connectivity index (χ0n) is 14.0. The average molecular weight is 313 g/mol. The summed E-state index contributed by atoms with van der Waals surface area (Å²) in [7, 11) is 0. The molecule has 0 atom stereocenters. The molecular weight excluding hydrogens is 290 g/mol. The number of hydrogen-bond donors (Lipinski definition) is 1. The molecule has 3 heterocycles. The van der Waals surface area contributed by atoms with Crippen molar-refractivity contribution in [3.63, 3.8) is 0 Å². The Kier molecular flexibility index (Phi) is 2.99. The maximum Gasteiger partial charge on any atom is 0.410 e. The molecule has 1 aliphatic carbocycles. The standard InChI is InChI=1S/C18H23N3O2/c1-17(2,3)23-16(22)21-10-18(11-21)6-4-14-13(8-18)12-5-7-19-9-15(12)20-14/h5,7,9,20H,4,6,8,10-11H2,1-3H3. The van der Waals surface area contributed by atoms with Crippen molar-refractivity contribution < 1.29 is 9.53 Å². The Morgan fingerprint density at radius 1 is 1.39 bits per heavy atom. The maximum absolute atomic E-state index is 12.2. The van der Waals surface area contributed by atoms with Crippen molar-refractivity contribution in [2.75, 3.05) is 13.1 Å². The van der Waals surface area contributed by atoms with Gasteiger partial charge in [0.1, 0.15) is 5.60 Å². The highest BCUT2D eigenvalue weighted by Crippen LogP contribution is 2.44. The molecular formula is C18H23N3O2. The molecule has 2 aromatic heterocycles. The van der Waals surface area contributed by atoms with Crippen LogP contribution in [0.2, 0.25) is 0 Å². The van der Waals surface area contributed by atoms with Gasteiger partial charge in [0.15, 0.2) is 0 Å². The lowest BCUT2D eigenvalue weighted by atomic mass is 9.68. The third-order valence-corrected chi connectivity index (χ3v) is 4.96. The van der Waals surface area contributed by atoms with Crippen molar-refractivity contribution in [3.05, 3.63) is 29.7 Å². The topological polar surface area (TPSA) is 58.2 Å². The van der Waals surface area contributed by atoms with Gasteiger partial charge in [0.2, 0.25) is 0 Å². The zero-order valence-corrected chi connectivity index (χ0v) is 14.0. The van der Waals surface area contributed by atoms with Gasteiger partial charge in [0.25, 0.3) is 0 Å². The molecule has 23 heavy (non-hydrogen) atoms. The van der Waals surface area contributed by atoms with Gasteiger partial charge in [0, 0.05) is 35.8 Å². The Bertz CT molecular complexity index is 766. The molecule has 0 aromatic carbocycles. The molecule has 2 aromatic rings. The van der Waals surface area contributed by atoms with Gasteiger partial charge < -0.3 is 14.6 Å². The van der Waals surface area contributed by atoms with E-state index in [-0.39, 0.29) is 11.5 Å². The average Bonchev–Trinajstić information content (AvgIpc) is 2.80. The molecule has 0 unspecified atom stereocenters. The largest absolute Gasteiger partial charge is 0.444 e. The van der Waals surface area contributed by atoms with Crippen LogP contribution in [-0.4, -0.2) is 39.7 Å². The third kappa shape index (κ3) is 2.48. The van der Waals surface area contributed by atoms with Crippen LogP contribution in [0.4, 0.5) is 4.79 Å². The van der Waals surface area contributed by atoms with Gasteiger partial charge in [-0.15, -0.1) is 0 Å². The van der Waals surface area contributed by atoms with Crippen molar-refractivity contribution >= 4 is 17.0 Å². The van der Waals surface area contributed by atoms with E-state index in [0.29, 0.717) is 0 Å². The van der Waals surface area contributed by atoms with E-state index in [4.69, 9.17) is 4.74 Å². The van der Waals surface area contributed by atoms with Gasteiger partial charge in [0.05, 0.1) is 11.7 Å². The molecule has 1 saturated heterocycles.